The number of anilines is 1. The number of rotatable bonds is 3. The molecule has 3 aromatic heterocycles. The molecule has 0 saturated heterocycles. The second-order valence-corrected chi connectivity index (χ2v) is 4.45. The van der Waals surface area contributed by atoms with Gasteiger partial charge in [0.05, 0.1) is 17.7 Å². The highest BCUT2D eigenvalue weighted by molar-refractivity contribution is 5.85. The number of nitrogen functional groups attached to an aromatic ring is 1. The van der Waals surface area contributed by atoms with Crippen LogP contribution in [0.2, 0.25) is 0 Å². The Labute approximate surface area is 114 Å². The van der Waals surface area contributed by atoms with Crippen molar-refractivity contribution in [2.75, 3.05) is 5.73 Å². The van der Waals surface area contributed by atoms with Crippen molar-refractivity contribution in [1.82, 2.24) is 29.9 Å². The van der Waals surface area contributed by atoms with Crippen molar-refractivity contribution >= 4 is 16.9 Å². The van der Waals surface area contributed by atoms with Crippen LogP contribution in [0.25, 0.3) is 16.9 Å². The van der Waals surface area contributed by atoms with Gasteiger partial charge in [-0.25, -0.2) is 9.97 Å². The van der Waals surface area contributed by atoms with E-state index < -0.39 is 0 Å². The van der Waals surface area contributed by atoms with Gasteiger partial charge in [-0.3, -0.25) is 0 Å². The summed E-state index contributed by atoms with van der Waals surface area (Å²) < 4.78 is 7.00. The smallest absolute Gasteiger partial charge is 0.233 e. The maximum absolute atomic E-state index is 5.77. The predicted octanol–water partition coefficient (Wildman–Crippen LogP) is 0.975. The molecule has 3 rings (SSSR count). The van der Waals surface area contributed by atoms with E-state index in [1.54, 1.807) is 23.0 Å². The summed E-state index contributed by atoms with van der Waals surface area (Å²) in [6.45, 7) is 3.85. The first-order chi connectivity index (χ1) is 9.65. The SMILES string of the molecule is CC(C)Oc1ccc(-n2ncc3c(N)ncnc32)nn1. The van der Waals surface area contributed by atoms with E-state index in [4.69, 9.17) is 10.5 Å². The highest BCUT2D eigenvalue weighted by Gasteiger charge is 2.11. The van der Waals surface area contributed by atoms with Gasteiger partial charge in [0.25, 0.3) is 0 Å². The minimum Gasteiger partial charge on any atom is -0.474 e. The average molecular weight is 271 g/mol. The molecule has 0 atom stereocenters. The number of ether oxygens (including phenoxy) is 1. The average Bonchev–Trinajstić information content (AvgIpc) is 2.84. The number of nitrogens with two attached hydrogens (primary N) is 1. The van der Waals surface area contributed by atoms with Gasteiger partial charge in [-0.2, -0.15) is 9.78 Å². The van der Waals surface area contributed by atoms with E-state index in [1.165, 1.54) is 6.33 Å². The lowest BCUT2D eigenvalue weighted by molar-refractivity contribution is 0.230. The van der Waals surface area contributed by atoms with E-state index in [2.05, 4.69) is 25.3 Å². The number of hydrogen-bond donors (Lipinski definition) is 1. The van der Waals surface area contributed by atoms with E-state index in [0.717, 1.165) is 0 Å². The second-order valence-electron chi connectivity index (χ2n) is 4.45. The molecule has 8 heteroatoms. The lowest BCUT2D eigenvalue weighted by Gasteiger charge is -2.08. The molecule has 0 radical (unpaired) electrons. The van der Waals surface area contributed by atoms with Crippen molar-refractivity contribution in [2.45, 2.75) is 20.0 Å². The normalized spacial score (nSPS) is 11.2. The van der Waals surface area contributed by atoms with Crippen molar-refractivity contribution in [1.29, 1.82) is 0 Å². The molecule has 0 saturated carbocycles. The molecular weight excluding hydrogens is 258 g/mol. The summed E-state index contributed by atoms with van der Waals surface area (Å²) in [7, 11) is 0. The van der Waals surface area contributed by atoms with Gasteiger partial charge in [-0.05, 0) is 19.9 Å². The Morgan fingerprint density at radius 1 is 1.20 bits per heavy atom. The Morgan fingerprint density at radius 2 is 2.05 bits per heavy atom. The van der Waals surface area contributed by atoms with Crippen LogP contribution in [-0.4, -0.2) is 36.0 Å². The molecule has 0 fully saturated rings. The second kappa shape index (κ2) is 4.72. The number of aromatic nitrogens is 6. The standard InChI is InChI=1S/C12H13N7O/c1-7(2)20-10-4-3-9(17-18-10)19-12-8(5-16-19)11(13)14-6-15-12/h3-7H,1-2H3,(H2,13,14,15). The molecule has 0 aliphatic carbocycles. The molecule has 3 heterocycles. The molecule has 0 spiro atoms. The zero-order valence-corrected chi connectivity index (χ0v) is 11.1. The first kappa shape index (κ1) is 12.3. The van der Waals surface area contributed by atoms with Crippen LogP contribution in [0, 0.1) is 0 Å². The fourth-order valence-corrected chi connectivity index (χ4v) is 1.76. The number of fused-ring (bicyclic) bond motifs is 1. The minimum absolute atomic E-state index is 0.0493. The zero-order valence-electron chi connectivity index (χ0n) is 11.1. The summed E-state index contributed by atoms with van der Waals surface area (Å²) in [5.74, 6) is 1.39. The van der Waals surface area contributed by atoms with Gasteiger partial charge >= 0.3 is 0 Å². The van der Waals surface area contributed by atoms with Gasteiger partial charge in [0.15, 0.2) is 11.5 Å². The molecule has 0 aromatic carbocycles. The van der Waals surface area contributed by atoms with Gasteiger partial charge < -0.3 is 10.5 Å². The summed E-state index contributed by atoms with van der Waals surface area (Å²) in [4.78, 5) is 8.08. The maximum Gasteiger partial charge on any atom is 0.233 e. The highest BCUT2D eigenvalue weighted by Crippen LogP contribution is 2.18. The summed E-state index contributed by atoms with van der Waals surface area (Å²) in [5, 5.41) is 13.0. The molecule has 20 heavy (non-hydrogen) atoms. The first-order valence-electron chi connectivity index (χ1n) is 6.10. The summed E-state index contributed by atoms with van der Waals surface area (Å²) in [6.07, 6.45) is 3.04. The van der Waals surface area contributed by atoms with E-state index in [1.807, 2.05) is 13.8 Å². The Hall–Kier alpha value is -2.77. The van der Waals surface area contributed by atoms with Crippen molar-refractivity contribution in [3.63, 3.8) is 0 Å². The molecular formula is C12H13N7O. The topological polar surface area (TPSA) is 105 Å². The van der Waals surface area contributed by atoms with Crippen molar-refractivity contribution in [2.24, 2.45) is 0 Å². The Balaban J connectivity index is 2.01. The van der Waals surface area contributed by atoms with Crippen LogP contribution in [0.15, 0.2) is 24.7 Å². The van der Waals surface area contributed by atoms with E-state index in [0.29, 0.717) is 28.5 Å². The van der Waals surface area contributed by atoms with Crippen LogP contribution in [0.5, 0.6) is 5.88 Å². The number of hydrogen-bond acceptors (Lipinski definition) is 7. The van der Waals surface area contributed by atoms with Crippen LogP contribution in [0.4, 0.5) is 5.82 Å². The minimum atomic E-state index is 0.0493. The lowest BCUT2D eigenvalue weighted by atomic mass is 10.4. The Morgan fingerprint density at radius 3 is 2.75 bits per heavy atom. The van der Waals surface area contributed by atoms with Gasteiger partial charge in [0.2, 0.25) is 5.88 Å². The monoisotopic (exact) mass is 271 g/mol. The fourth-order valence-electron chi connectivity index (χ4n) is 1.76. The Kier molecular flexibility index (Phi) is 2.90. The lowest BCUT2D eigenvalue weighted by Crippen LogP contribution is -2.09. The third kappa shape index (κ3) is 2.11. The molecule has 0 amide bonds. The summed E-state index contributed by atoms with van der Waals surface area (Å²) in [6, 6.07) is 3.50. The zero-order chi connectivity index (χ0) is 14.1. The van der Waals surface area contributed by atoms with Crippen LogP contribution in [0.3, 0.4) is 0 Å². The predicted molar refractivity (Wildman–Crippen MR) is 72.4 cm³/mol. The van der Waals surface area contributed by atoms with E-state index in [9.17, 15) is 0 Å². The molecule has 0 aliphatic rings. The molecule has 0 unspecified atom stereocenters. The first-order valence-corrected chi connectivity index (χ1v) is 6.10. The van der Waals surface area contributed by atoms with Crippen LogP contribution < -0.4 is 10.5 Å². The molecule has 3 aromatic rings. The van der Waals surface area contributed by atoms with Crippen LogP contribution >= 0.6 is 0 Å². The third-order valence-electron chi connectivity index (χ3n) is 2.60. The number of nitrogens with zero attached hydrogens (tertiary/aromatic N) is 6. The largest absolute Gasteiger partial charge is 0.474 e. The van der Waals surface area contributed by atoms with Gasteiger partial charge in [-0.15, -0.1) is 10.2 Å². The molecule has 0 aliphatic heterocycles. The quantitative estimate of drug-likeness (QED) is 0.756. The van der Waals surface area contributed by atoms with Gasteiger partial charge in [-0.1, -0.05) is 0 Å². The van der Waals surface area contributed by atoms with Crippen molar-refractivity contribution in [3.8, 4) is 11.7 Å². The molecule has 2 N–H and O–H groups in total. The molecule has 102 valence electrons. The van der Waals surface area contributed by atoms with E-state index in [-0.39, 0.29) is 6.10 Å². The van der Waals surface area contributed by atoms with Gasteiger partial charge in [0.1, 0.15) is 12.1 Å². The fraction of sp³-hybridized carbons (Fsp3) is 0.250. The Bertz CT molecular complexity index is 735. The van der Waals surface area contributed by atoms with Crippen LogP contribution in [0.1, 0.15) is 13.8 Å². The maximum atomic E-state index is 5.77. The van der Waals surface area contributed by atoms with Crippen molar-refractivity contribution in [3.05, 3.63) is 24.7 Å². The van der Waals surface area contributed by atoms with Crippen molar-refractivity contribution < 1.29 is 4.74 Å². The van der Waals surface area contributed by atoms with Gasteiger partial charge in [0, 0.05) is 6.07 Å². The summed E-state index contributed by atoms with van der Waals surface area (Å²) in [5.41, 5.74) is 6.35. The molecule has 8 nitrogen and oxygen atoms in total. The molecule has 0 bridgehead atoms. The highest BCUT2D eigenvalue weighted by atomic mass is 16.5. The summed E-state index contributed by atoms with van der Waals surface area (Å²) >= 11 is 0. The third-order valence-corrected chi connectivity index (χ3v) is 2.60. The van der Waals surface area contributed by atoms with Crippen LogP contribution in [-0.2, 0) is 0 Å². The van der Waals surface area contributed by atoms with E-state index >= 15 is 0 Å².